The number of benzene rings is 2. The maximum atomic E-state index is 14.8. The van der Waals surface area contributed by atoms with Crippen molar-refractivity contribution >= 4 is 11.7 Å². The summed E-state index contributed by atoms with van der Waals surface area (Å²) in [5.41, 5.74) is 2.75. The summed E-state index contributed by atoms with van der Waals surface area (Å²) in [6.45, 7) is 0.466. The topological polar surface area (TPSA) is 90.5 Å². The number of urea groups is 1. The van der Waals surface area contributed by atoms with Gasteiger partial charge in [-0.15, -0.1) is 0 Å². The second-order valence-electron chi connectivity index (χ2n) is 8.51. The monoisotopic (exact) mass is 454 g/mol. The van der Waals surface area contributed by atoms with E-state index in [9.17, 15) is 18.7 Å². The van der Waals surface area contributed by atoms with Crippen LogP contribution >= 0.6 is 0 Å². The van der Waals surface area contributed by atoms with Crippen molar-refractivity contribution in [2.24, 2.45) is 5.92 Å². The van der Waals surface area contributed by atoms with E-state index in [0.717, 1.165) is 18.4 Å². The van der Waals surface area contributed by atoms with E-state index in [1.54, 1.807) is 18.3 Å². The van der Waals surface area contributed by atoms with Gasteiger partial charge in [0.25, 0.3) is 0 Å². The van der Waals surface area contributed by atoms with Gasteiger partial charge in [-0.05, 0) is 60.6 Å². The van der Waals surface area contributed by atoms with Crippen LogP contribution in [0.5, 0.6) is 5.75 Å². The summed E-state index contributed by atoms with van der Waals surface area (Å²) < 4.78 is 34.6. The minimum Gasteiger partial charge on any atom is -0.493 e. The van der Waals surface area contributed by atoms with Crippen LogP contribution in [0.4, 0.5) is 19.3 Å². The molecule has 1 aromatic heterocycles. The standard InChI is InChI=1S/C24H24F2N4O3/c25-18-5-16(6-19(8-18)33-13-14-1-2-14)22(12-31)29-24(32)30-4-3-15-7-20(17-10-27-28-11-17)21(26)9-23(15)30/h5-11,14,22,31H,1-4,12-13H2,(H,27,28)(H,29,32). The molecule has 0 spiro atoms. The zero-order valence-electron chi connectivity index (χ0n) is 17.9. The van der Waals surface area contributed by atoms with Gasteiger partial charge in [-0.2, -0.15) is 5.10 Å². The normalized spacial score (nSPS) is 15.9. The molecule has 1 aliphatic heterocycles. The smallest absolute Gasteiger partial charge is 0.322 e. The molecule has 2 amide bonds. The number of halogens is 2. The molecule has 7 nitrogen and oxygen atoms in total. The molecule has 1 saturated carbocycles. The summed E-state index contributed by atoms with van der Waals surface area (Å²) in [5.74, 6) is -0.0952. The van der Waals surface area contributed by atoms with E-state index in [0.29, 0.717) is 53.6 Å². The van der Waals surface area contributed by atoms with Gasteiger partial charge in [0.2, 0.25) is 0 Å². The molecule has 2 heterocycles. The van der Waals surface area contributed by atoms with Crippen molar-refractivity contribution in [3.8, 4) is 16.9 Å². The van der Waals surface area contributed by atoms with Crippen LogP contribution in [0, 0.1) is 17.6 Å². The van der Waals surface area contributed by atoms with Crippen LogP contribution in [0.25, 0.3) is 11.1 Å². The van der Waals surface area contributed by atoms with Crippen molar-refractivity contribution < 1.29 is 23.4 Å². The molecule has 3 N–H and O–H groups in total. The third-order valence-corrected chi connectivity index (χ3v) is 6.08. The Bertz CT molecular complexity index is 1160. The SMILES string of the molecule is O=C(NC(CO)c1cc(F)cc(OCC2CC2)c1)N1CCc2cc(-c3cn[nH]c3)c(F)cc21. The number of ether oxygens (including phenoxy) is 1. The minimum absolute atomic E-state index is 0.366. The number of anilines is 1. The van der Waals surface area contributed by atoms with E-state index in [-0.39, 0.29) is 0 Å². The Morgan fingerprint density at radius 3 is 2.85 bits per heavy atom. The lowest BCUT2D eigenvalue weighted by atomic mass is 10.0. The molecule has 9 heteroatoms. The molecule has 1 atom stereocenters. The highest BCUT2D eigenvalue weighted by atomic mass is 19.1. The zero-order chi connectivity index (χ0) is 22.9. The fourth-order valence-corrected chi connectivity index (χ4v) is 4.07. The number of H-pyrrole nitrogens is 1. The number of aliphatic hydroxyl groups is 1. The highest BCUT2D eigenvalue weighted by molar-refractivity contribution is 5.95. The minimum atomic E-state index is -0.837. The van der Waals surface area contributed by atoms with Crippen molar-refractivity contribution in [3.63, 3.8) is 0 Å². The quantitative estimate of drug-likeness (QED) is 0.504. The molecule has 1 fully saturated rings. The molecule has 2 aromatic carbocycles. The van der Waals surface area contributed by atoms with Gasteiger partial charge in [-0.25, -0.2) is 13.6 Å². The Morgan fingerprint density at radius 2 is 2.12 bits per heavy atom. The predicted molar refractivity (Wildman–Crippen MR) is 118 cm³/mol. The van der Waals surface area contributed by atoms with Crippen molar-refractivity contribution in [3.05, 3.63) is 65.5 Å². The maximum absolute atomic E-state index is 14.8. The van der Waals surface area contributed by atoms with Gasteiger partial charge in [-0.1, -0.05) is 0 Å². The number of rotatable bonds is 7. The van der Waals surface area contributed by atoms with E-state index in [4.69, 9.17) is 4.74 Å². The van der Waals surface area contributed by atoms with E-state index >= 15 is 0 Å². The van der Waals surface area contributed by atoms with Gasteiger partial charge >= 0.3 is 6.03 Å². The predicted octanol–water partition coefficient (Wildman–Crippen LogP) is 3.95. The van der Waals surface area contributed by atoms with Crippen LogP contribution in [0.3, 0.4) is 0 Å². The van der Waals surface area contributed by atoms with Crippen molar-refractivity contribution in [1.82, 2.24) is 15.5 Å². The lowest BCUT2D eigenvalue weighted by molar-refractivity contribution is 0.221. The zero-order valence-corrected chi connectivity index (χ0v) is 17.9. The van der Waals surface area contributed by atoms with Crippen LogP contribution < -0.4 is 15.0 Å². The molecular formula is C24H24F2N4O3. The van der Waals surface area contributed by atoms with E-state index in [1.165, 1.54) is 29.3 Å². The molecule has 172 valence electrons. The summed E-state index contributed by atoms with van der Waals surface area (Å²) in [4.78, 5) is 14.4. The van der Waals surface area contributed by atoms with Crippen LogP contribution in [0.2, 0.25) is 0 Å². The number of nitrogens with zero attached hydrogens (tertiary/aromatic N) is 2. The summed E-state index contributed by atoms with van der Waals surface area (Å²) in [5, 5.41) is 19.2. The Morgan fingerprint density at radius 1 is 1.27 bits per heavy atom. The number of nitrogens with one attached hydrogen (secondary N) is 2. The number of carbonyl (C=O) groups is 1. The molecule has 3 aromatic rings. The fraction of sp³-hybridized carbons (Fsp3) is 0.333. The highest BCUT2D eigenvalue weighted by Gasteiger charge is 2.29. The van der Waals surface area contributed by atoms with Crippen molar-refractivity contribution in [2.75, 3.05) is 24.7 Å². The van der Waals surface area contributed by atoms with Gasteiger partial charge in [-0.3, -0.25) is 10.00 Å². The maximum Gasteiger partial charge on any atom is 0.322 e. The molecular weight excluding hydrogens is 430 g/mol. The number of carbonyl (C=O) groups excluding carboxylic acids is 1. The van der Waals surface area contributed by atoms with Crippen LogP contribution in [-0.2, 0) is 6.42 Å². The first-order chi connectivity index (χ1) is 16.0. The Hall–Kier alpha value is -3.46. The number of amides is 2. The number of hydrogen-bond donors (Lipinski definition) is 3. The first-order valence-electron chi connectivity index (χ1n) is 11.0. The molecule has 0 bridgehead atoms. The molecule has 0 saturated heterocycles. The summed E-state index contributed by atoms with van der Waals surface area (Å²) in [7, 11) is 0. The molecule has 2 aliphatic rings. The number of aromatic amines is 1. The lowest BCUT2D eigenvalue weighted by Gasteiger charge is -2.23. The third kappa shape index (κ3) is 4.54. The highest BCUT2D eigenvalue weighted by Crippen LogP contribution is 2.35. The second-order valence-corrected chi connectivity index (χ2v) is 8.51. The number of aromatic nitrogens is 2. The van der Waals surface area contributed by atoms with Gasteiger partial charge in [0.15, 0.2) is 0 Å². The van der Waals surface area contributed by atoms with Gasteiger partial charge < -0.3 is 15.2 Å². The lowest BCUT2D eigenvalue weighted by Crippen LogP contribution is -2.42. The van der Waals surface area contributed by atoms with Gasteiger partial charge in [0, 0.05) is 29.9 Å². The first kappa shape index (κ1) is 21.4. The van der Waals surface area contributed by atoms with Crippen LogP contribution in [-0.4, -0.2) is 41.1 Å². The number of aliphatic hydroxyl groups excluding tert-OH is 1. The van der Waals surface area contributed by atoms with Crippen LogP contribution in [0.15, 0.2) is 42.7 Å². The fourth-order valence-electron chi connectivity index (χ4n) is 4.07. The van der Waals surface area contributed by atoms with Gasteiger partial charge in [0.1, 0.15) is 17.4 Å². The molecule has 33 heavy (non-hydrogen) atoms. The van der Waals surface area contributed by atoms with E-state index < -0.39 is 30.3 Å². The van der Waals surface area contributed by atoms with Crippen molar-refractivity contribution in [2.45, 2.75) is 25.3 Å². The van der Waals surface area contributed by atoms with Crippen LogP contribution in [0.1, 0.15) is 30.0 Å². The van der Waals surface area contributed by atoms with E-state index in [1.807, 2.05) is 0 Å². The number of fused-ring (bicyclic) bond motifs is 1. The Balaban J connectivity index is 1.33. The molecule has 5 rings (SSSR count). The third-order valence-electron chi connectivity index (χ3n) is 6.08. The number of hydrogen-bond acceptors (Lipinski definition) is 4. The molecule has 0 radical (unpaired) electrons. The van der Waals surface area contributed by atoms with Gasteiger partial charge in [0.05, 0.1) is 31.1 Å². The Labute approximate surface area is 189 Å². The molecule has 1 aliphatic carbocycles. The average molecular weight is 454 g/mol. The first-order valence-corrected chi connectivity index (χ1v) is 11.0. The largest absolute Gasteiger partial charge is 0.493 e. The summed E-state index contributed by atoms with van der Waals surface area (Å²) >= 11 is 0. The summed E-state index contributed by atoms with van der Waals surface area (Å²) in [6.07, 6.45) is 5.93. The van der Waals surface area contributed by atoms with Crippen molar-refractivity contribution in [1.29, 1.82) is 0 Å². The summed E-state index contributed by atoms with van der Waals surface area (Å²) in [6, 6.07) is 5.91. The molecule has 1 unspecified atom stereocenters. The van der Waals surface area contributed by atoms with E-state index in [2.05, 4.69) is 15.5 Å². The second kappa shape index (κ2) is 8.82. The Kier molecular flexibility index (Phi) is 5.72. The average Bonchev–Trinajstić information content (AvgIpc) is 3.29.